The highest BCUT2D eigenvalue weighted by molar-refractivity contribution is 5.59. The van der Waals surface area contributed by atoms with Crippen LogP contribution in [0.3, 0.4) is 0 Å². The molecule has 1 saturated heterocycles. The number of nitro groups is 1. The molecule has 2 heterocycles. The molecule has 0 spiro atoms. The molecule has 2 rings (SSSR count). The molecule has 0 aromatic carbocycles. The fraction of sp³-hybridized carbons (Fsp3) is 0.600. The van der Waals surface area contributed by atoms with E-state index < -0.39 is 10.5 Å². The van der Waals surface area contributed by atoms with Gasteiger partial charge in [-0.2, -0.15) is 4.98 Å². The van der Waals surface area contributed by atoms with Gasteiger partial charge >= 0.3 is 5.69 Å². The van der Waals surface area contributed by atoms with Crippen molar-refractivity contribution in [3.8, 4) is 0 Å². The zero-order valence-corrected chi connectivity index (χ0v) is 10.5. The number of hydrogen-bond donors (Lipinski definition) is 3. The topological polar surface area (TPSA) is 130 Å². The molecule has 0 amide bonds. The molecular formula is C10H16N6O3. The highest BCUT2D eigenvalue weighted by atomic mass is 16.6. The Hall–Kier alpha value is -2.00. The van der Waals surface area contributed by atoms with Gasteiger partial charge in [-0.3, -0.25) is 15.5 Å². The minimum atomic E-state index is -0.882. The summed E-state index contributed by atoms with van der Waals surface area (Å²) < 4.78 is 0. The van der Waals surface area contributed by atoms with Crippen molar-refractivity contribution in [2.24, 2.45) is 5.84 Å². The minimum Gasteiger partial charge on any atom is -0.388 e. The molecule has 1 aromatic rings. The largest absolute Gasteiger partial charge is 0.388 e. The van der Waals surface area contributed by atoms with Crippen molar-refractivity contribution in [1.82, 2.24) is 9.97 Å². The van der Waals surface area contributed by atoms with E-state index >= 15 is 0 Å². The number of hydrazine groups is 1. The number of rotatable bonds is 3. The van der Waals surface area contributed by atoms with Gasteiger partial charge in [-0.25, -0.2) is 10.8 Å². The number of β-amino-alcohol motifs (C(OH)–C–C–N with tert-alkyl or cyclic N) is 1. The maximum Gasteiger partial charge on any atom is 0.329 e. The minimum absolute atomic E-state index is 0.103. The number of nitrogens with one attached hydrogen (secondary N) is 1. The quantitative estimate of drug-likeness (QED) is 0.397. The van der Waals surface area contributed by atoms with E-state index in [0.29, 0.717) is 13.0 Å². The van der Waals surface area contributed by atoms with Crippen LogP contribution < -0.4 is 16.2 Å². The first-order chi connectivity index (χ1) is 8.93. The number of hydrogen-bond acceptors (Lipinski definition) is 8. The van der Waals surface area contributed by atoms with Crippen LogP contribution in [0.2, 0.25) is 0 Å². The molecular weight excluding hydrogens is 252 g/mol. The van der Waals surface area contributed by atoms with Crippen LogP contribution in [-0.4, -0.2) is 38.7 Å². The van der Waals surface area contributed by atoms with Crippen molar-refractivity contribution in [2.45, 2.75) is 25.4 Å². The Labute approximate surface area is 109 Å². The number of anilines is 2. The molecule has 104 valence electrons. The van der Waals surface area contributed by atoms with Crippen molar-refractivity contribution in [1.29, 1.82) is 0 Å². The van der Waals surface area contributed by atoms with E-state index in [9.17, 15) is 15.2 Å². The van der Waals surface area contributed by atoms with E-state index in [0.717, 1.165) is 12.6 Å². The van der Waals surface area contributed by atoms with Gasteiger partial charge in [0.15, 0.2) is 0 Å². The molecule has 1 unspecified atom stereocenters. The van der Waals surface area contributed by atoms with Crippen molar-refractivity contribution < 1.29 is 10.0 Å². The maximum absolute atomic E-state index is 11.0. The van der Waals surface area contributed by atoms with E-state index in [1.54, 1.807) is 11.8 Å². The first-order valence-electron chi connectivity index (χ1n) is 5.88. The summed E-state index contributed by atoms with van der Waals surface area (Å²) in [6.45, 7) is 2.58. The number of nitrogen functional groups attached to an aromatic ring is 1. The van der Waals surface area contributed by atoms with Crippen molar-refractivity contribution in [2.75, 3.05) is 23.4 Å². The molecule has 1 aliphatic rings. The number of aliphatic hydroxyl groups is 1. The predicted octanol–water partition coefficient (Wildman–Crippen LogP) is 0.0216. The van der Waals surface area contributed by atoms with Gasteiger partial charge in [-0.05, 0) is 19.8 Å². The van der Waals surface area contributed by atoms with E-state index in [4.69, 9.17) is 5.84 Å². The molecule has 9 heteroatoms. The molecule has 4 N–H and O–H groups in total. The monoisotopic (exact) mass is 268 g/mol. The smallest absolute Gasteiger partial charge is 0.329 e. The van der Waals surface area contributed by atoms with E-state index in [-0.39, 0.29) is 24.0 Å². The van der Waals surface area contributed by atoms with E-state index in [1.165, 1.54) is 0 Å². The van der Waals surface area contributed by atoms with Crippen LogP contribution in [0, 0.1) is 10.1 Å². The van der Waals surface area contributed by atoms with Gasteiger partial charge in [-0.1, -0.05) is 0 Å². The Morgan fingerprint density at radius 2 is 2.42 bits per heavy atom. The van der Waals surface area contributed by atoms with E-state index in [1.807, 2.05) is 0 Å². The second-order valence-corrected chi connectivity index (χ2v) is 4.83. The lowest BCUT2D eigenvalue weighted by atomic mass is 9.95. The van der Waals surface area contributed by atoms with Gasteiger partial charge < -0.3 is 10.0 Å². The number of nitrogens with two attached hydrogens (primary N) is 1. The predicted molar refractivity (Wildman–Crippen MR) is 68.6 cm³/mol. The van der Waals surface area contributed by atoms with E-state index in [2.05, 4.69) is 15.4 Å². The van der Waals surface area contributed by atoms with Gasteiger partial charge in [0.05, 0.1) is 10.5 Å². The summed E-state index contributed by atoms with van der Waals surface area (Å²) >= 11 is 0. The number of piperidine rings is 1. The Bertz CT molecular complexity index is 492. The van der Waals surface area contributed by atoms with Gasteiger partial charge in [0.1, 0.15) is 6.20 Å². The summed E-state index contributed by atoms with van der Waals surface area (Å²) in [5.74, 6) is 5.49. The second kappa shape index (κ2) is 4.94. The van der Waals surface area contributed by atoms with Gasteiger partial charge in [0.25, 0.3) is 0 Å². The van der Waals surface area contributed by atoms with Crippen LogP contribution in [0.1, 0.15) is 19.8 Å². The van der Waals surface area contributed by atoms with Gasteiger partial charge in [0, 0.05) is 13.1 Å². The van der Waals surface area contributed by atoms with Crippen LogP contribution in [0.5, 0.6) is 0 Å². The standard InChI is InChI=1S/C10H16N6O3/c1-10(17)3-2-4-15(6-10)8-7(16(18)19)5-12-9(13-8)14-11/h5,17H,2-4,6,11H2,1H3,(H,12,13,14). The average Bonchev–Trinajstić information content (AvgIpc) is 2.36. The third kappa shape index (κ3) is 2.88. The molecule has 9 nitrogen and oxygen atoms in total. The van der Waals surface area contributed by atoms with Gasteiger partial charge in [0.2, 0.25) is 11.8 Å². The first-order valence-corrected chi connectivity index (χ1v) is 5.88. The Kier molecular flexibility index (Phi) is 3.49. The summed E-state index contributed by atoms with van der Waals surface area (Å²) in [6.07, 6.45) is 2.50. The normalized spacial score (nSPS) is 23.2. The molecule has 1 fully saturated rings. The molecule has 0 bridgehead atoms. The number of aromatic nitrogens is 2. The number of nitrogens with zero attached hydrogens (tertiary/aromatic N) is 4. The molecule has 19 heavy (non-hydrogen) atoms. The van der Waals surface area contributed by atoms with Crippen molar-refractivity contribution in [3.63, 3.8) is 0 Å². The lowest BCUT2D eigenvalue weighted by molar-refractivity contribution is -0.384. The summed E-state index contributed by atoms with van der Waals surface area (Å²) in [5, 5.41) is 21.1. The molecule has 0 aliphatic carbocycles. The molecule has 0 radical (unpaired) electrons. The first kappa shape index (κ1) is 13.4. The molecule has 1 aromatic heterocycles. The third-order valence-electron chi connectivity index (χ3n) is 3.05. The SMILES string of the molecule is CC1(O)CCCN(c2nc(NN)ncc2[N+](=O)[O-])C1. The maximum atomic E-state index is 11.0. The highest BCUT2D eigenvalue weighted by Gasteiger charge is 2.32. The second-order valence-electron chi connectivity index (χ2n) is 4.83. The Morgan fingerprint density at radius 3 is 3.00 bits per heavy atom. The zero-order valence-electron chi connectivity index (χ0n) is 10.5. The summed E-state index contributed by atoms with van der Waals surface area (Å²) in [5.41, 5.74) is 1.18. The average molecular weight is 268 g/mol. The van der Waals surface area contributed by atoms with Crippen LogP contribution in [0.25, 0.3) is 0 Å². The van der Waals surface area contributed by atoms with Crippen LogP contribution in [0.15, 0.2) is 6.20 Å². The van der Waals surface area contributed by atoms with Crippen LogP contribution in [0.4, 0.5) is 17.5 Å². The lowest BCUT2D eigenvalue weighted by Crippen LogP contribution is -2.46. The molecule has 0 saturated carbocycles. The Morgan fingerprint density at radius 1 is 1.68 bits per heavy atom. The van der Waals surface area contributed by atoms with Crippen LogP contribution in [-0.2, 0) is 0 Å². The molecule has 1 atom stereocenters. The fourth-order valence-electron chi connectivity index (χ4n) is 2.20. The summed E-state index contributed by atoms with van der Waals surface area (Å²) in [6, 6.07) is 0. The Balaban J connectivity index is 2.38. The van der Waals surface area contributed by atoms with Crippen molar-refractivity contribution in [3.05, 3.63) is 16.3 Å². The lowest BCUT2D eigenvalue weighted by Gasteiger charge is -2.37. The third-order valence-corrected chi connectivity index (χ3v) is 3.05. The molecule has 1 aliphatic heterocycles. The van der Waals surface area contributed by atoms with Gasteiger partial charge in [-0.15, -0.1) is 0 Å². The highest BCUT2D eigenvalue weighted by Crippen LogP contribution is 2.31. The summed E-state index contributed by atoms with van der Waals surface area (Å²) in [7, 11) is 0. The van der Waals surface area contributed by atoms with Crippen molar-refractivity contribution >= 4 is 17.5 Å². The zero-order chi connectivity index (χ0) is 14.0. The summed E-state index contributed by atoms with van der Waals surface area (Å²) in [4.78, 5) is 19.9. The fourth-order valence-corrected chi connectivity index (χ4v) is 2.20. The van der Waals surface area contributed by atoms with Crippen LogP contribution >= 0.6 is 0 Å².